The number of amides is 1. The fraction of sp³-hybridized carbons (Fsp3) is 0.182. The van der Waals surface area contributed by atoms with Gasteiger partial charge in [0.25, 0.3) is 5.91 Å². The van der Waals surface area contributed by atoms with E-state index in [1.807, 2.05) is 30.3 Å². The molecule has 0 unspecified atom stereocenters. The number of aliphatic hydroxyl groups is 1. The normalized spacial score (nSPS) is 16.7. The zero-order valence-electron chi connectivity index (χ0n) is 7.66. The van der Waals surface area contributed by atoms with E-state index in [0.29, 0.717) is 18.5 Å². The lowest BCUT2D eigenvalue weighted by molar-refractivity contribution is -0.116. The van der Waals surface area contributed by atoms with Gasteiger partial charge in [-0.25, -0.2) is 0 Å². The third kappa shape index (κ3) is 1.48. The highest BCUT2D eigenvalue weighted by Gasteiger charge is 2.20. The Kier molecular flexibility index (Phi) is 2.23. The predicted molar refractivity (Wildman–Crippen MR) is 53.6 cm³/mol. The van der Waals surface area contributed by atoms with Gasteiger partial charge in [-0.3, -0.25) is 4.79 Å². The molecule has 3 heteroatoms. The molecule has 1 aliphatic rings. The lowest BCUT2D eigenvalue weighted by Crippen LogP contribution is -2.30. The molecule has 1 heterocycles. The maximum absolute atomic E-state index is 11.5. The van der Waals surface area contributed by atoms with Crippen LogP contribution >= 0.6 is 0 Å². The van der Waals surface area contributed by atoms with E-state index in [4.69, 9.17) is 0 Å². The molecule has 0 atom stereocenters. The Balaban J connectivity index is 2.46. The minimum Gasteiger partial charge on any atom is -0.511 e. The molecule has 3 nitrogen and oxygen atoms in total. The molecule has 0 radical (unpaired) electrons. The van der Waals surface area contributed by atoms with Crippen LogP contribution in [-0.4, -0.2) is 17.6 Å². The first-order valence-corrected chi connectivity index (χ1v) is 4.55. The zero-order valence-corrected chi connectivity index (χ0v) is 7.66. The fourth-order valence-electron chi connectivity index (χ4n) is 1.54. The molecule has 1 aromatic carbocycles. The molecule has 0 saturated heterocycles. The average Bonchev–Trinajstić information content (AvgIpc) is 2.19. The van der Waals surface area contributed by atoms with Crippen LogP contribution in [0.4, 0.5) is 0 Å². The van der Waals surface area contributed by atoms with Gasteiger partial charge >= 0.3 is 0 Å². The average molecular weight is 189 g/mol. The van der Waals surface area contributed by atoms with Crippen molar-refractivity contribution in [3.05, 3.63) is 41.7 Å². The van der Waals surface area contributed by atoms with Gasteiger partial charge in [0.2, 0.25) is 0 Å². The summed E-state index contributed by atoms with van der Waals surface area (Å²) in [4.78, 5) is 11.5. The summed E-state index contributed by atoms with van der Waals surface area (Å²) in [6, 6.07) is 9.20. The van der Waals surface area contributed by atoms with Gasteiger partial charge in [0, 0.05) is 13.0 Å². The third-order valence-corrected chi connectivity index (χ3v) is 2.23. The van der Waals surface area contributed by atoms with E-state index in [1.54, 1.807) is 0 Å². The molecule has 1 aromatic rings. The number of rotatable bonds is 1. The number of carbonyl (C=O) groups excluding carboxylic acids is 1. The van der Waals surface area contributed by atoms with E-state index in [9.17, 15) is 9.90 Å². The Morgan fingerprint density at radius 2 is 1.93 bits per heavy atom. The molecule has 72 valence electrons. The molecule has 0 aromatic heterocycles. The van der Waals surface area contributed by atoms with Gasteiger partial charge < -0.3 is 10.4 Å². The van der Waals surface area contributed by atoms with Crippen LogP contribution in [-0.2, 0) is 4.79 Å². The Bertz CT molecular complexity index is 382. The number of carbonyl (C=O) groups is 1. The smallest absolute Gasteiger partial charge is 0.255 e. The van der Waals surface area contributed by atoms with Crippen LogP contribution in [0.25, 0.3) is 5.57 Å². The Hall–Kier alpha value is -1.77. The number of hydrogen-bond acceptors (Lipinski definition) is 2. The molecule has 0 fully saturated rings. The number of nitrogens with one attached hydrogen (secondary N) is 1. The molecule has 14 heavy (non-hydrogen) atoms. The third-order valence-electron chi connectivity index (χ3n) is 2.23. The SMILES string of the molecule is O=C1NCCC(O)=C1c1ccccc1. The van der Waals surface area contributed by atoms with Gasteiger partial charge in [0.05, 0.1) is 5.57 Å². The Morgan fingerprint density at radius 3 is 2.57 bits per heavy atom. The molecule has 0 saturated carbocycles. The maximum atomic E-state index is 11.5. The van der Waals surface area contributed by atoms with Crippen LogP contribution in [0.3, 0.4) is 0 Å². The molecule has 2 N–H and O–H groups in total. The maximum Gasteiger partial charge on any atom is 0.255 e. The minimum atomic E-state index is -0.194. The fourth-order valence-corrected chi connectivity index (χ4v) is 1.54. The number of aliphatic hydroxyl groups excluding tert-OH is 1. The zero-order chi connectivity index (χ0) is 9.97. The van der Waals surface area contributed by atoms with Crippen molar-refractivity contribution in [1.82, 2.24) is 5.32 Å². The molecule has 1 aliphatic heterocycles. The van der Waals surface area contributed by atoms with Crippen LogP contribution in [0.5, 0.6) is 0 Å². The molecular formula is C11H11NO2. The number of hydrogen-bond donors (Lipinski definition) is 2. The summed E-state index contributed by atoms with van der Waals surface area (Å²) in [7, 11) is 0. The van der Waals surface area contributed by atoms with Gasteiger partial charge in [-0.05, 0) is 5.56 Å². The van der Waals surface area contributed by atoms with Crippen molar-refractivity contribution in [2.75, 3.05) is 6.54 Å². The Morgan fingerprint density at radius 1 is 1.21 bits per heavy atom. The van der Waals surface area contributed by atoms with Gasteiger partial charge in [0.1, 0.15) is 5.76 Å². The second kappa shape index (κ2) is 3.54. The largest absolute Gasteiger partial charge is 0.511 e. The van der Waals surface area contributed by atoms with Crippen LogP contribution in [0, 0.1) is 0 Å². The lowest BCUT2D eigenvalue weighted by Gasteiger charge is -2.16. The summed E-state index contributed by atoms with van der Waals surface area (Å²) in [5.74, 6) is -0.0140. The van der Waals surface area contributed by atoms with E-state index >= 15 is 0 Å². The minimum absolute atomic E-state index is 0.181. The van der Waals surface area contributed by atoms with Crippen molar-refractivity contribution in [1.29, 1.82) is 0 Å². The van der Waals surface area contributed by atoms with Crippen molar-refractivity contribution in [2.24, 2.45) is 0 Å². The van der Waals surface area contributed by atoms with Crippen LogP contribution in [0.15, 0.2) is 36.1 Å². The summed E-state index contributed by atoms with van der Waals surface area (Å²) < 4.78 is 0. The second-order valence-electron chi connectivity index (χ2n) is 3.19. The van der Waals surface area contributed by atoms with Crippen molar-refractivity contribution in [2.45, 2.75) is 6.42 Å². The van der Waals surface area contributed by atoms with E-state index in [0.717, 1.165) is 5.56 Å². The van der Waals surface area contributed by atoms with Crippen molar-refractivity contribution >= 4 is 11.5 Å². The van der Waals surface area contributed by atoms with Crippen molar-refractivity contribution in [3.8, 4) is 0 Å². The van der Waals surface area contributed by atoms with E-state index < -0.39 is 0 Å². The predicted octanol–water partition coefficient (Wildman–Crippen LogP) is 1.48. The molecule has 0 aliphatic carbocycles. The quantitative estimate of drug-likeness (QED) is 0.703. The number of benzene rings is 1. The molecule has 2 rings (SSSR count). The van der Waals surface area contributed by atoms with Crippen LogP contribution < -0.4 is 5.32 Å². The topological polar surface area (TPSA) is 49.3 Å². The monoisotopic (exact) mass is 189 g/mol. The summed E-state index contributed by atoms with van der Waals surface area (Å²) in [6.45, 7) is 0.515. The van der Waals surface area contributed by atoms with Gasteiger partial charge in [-0.1, -0.05) is 30.3 Å². The molecule has 0 bridgehead atoms. The first-order chi connectivity index (χ1) is 6.79. The van der Waals surface area contributed by atoms with Gasteiger partial charge in [-0.15, -0.1) is 0 Å². The van der Waals surface area contributed by atoms with Crippen LogP contribution in [0.2, 0.25) is 0 Å². The molecular weight excluding hydrogens is 178 g/mol. The highest BCUT2D eigenvalue weighted by molar-refractivity contribution is 6.20. The molecule has 1 amide bonds. The summed E-state index contributed by atoms with van der Waals surface area (Å²) in [5, 5.41) is 12.3. The first-order valence-electron chi connectivity index (χ1n) is 4.55. The Labute approximate surface area is 82.1 Å². The highest BCUT2D eigenvalue weighted by Crippen LogP contribution is 2.21. The van der Waals surface area contributed by atoms with Gasteiger partial charge in [0.15, 0.2) is 0 Å². The van der Waals surface area contributed by atoms with E-state index in [-0.39, 0.29) is 11.7 Å². The van der Waals surface area contributed by atoms with E-state index in [1.165, 1.54) is 0 Å². The van der Waals surface area contributed by atoms with E-state index in [2.05, 4.69) is 5.32 Å². The van der Waals surface area contributed by atoms with Crippen molar-refractivity contribution < 1.29 is 9.90 Å². The standard InChI is InChI=1S/C11H11NO2/c13-9-6-7-12-11(14)10(9)8-4-2-1-3-5-8/h1-5,13H,6-7H2,(H,12,14). The molecule has 0 spiro atoms. The van der Waals surface area contributed by atoms with Gasteiger partial charge in [-0.2, -0.15) is 0 Å². The van der Waals surface area contributed by atoms with Crippen LogP contribution in [0.1, 0.15) is 12.0 Å². The lowest BCUT2D eigenvalue weighted by atomic mass is 10.0. The highest BCUT2D eigenvalue weighted by atomic mass is 16.3. The summed E-state index contributed by atoms with van der Waals surface area (Å²) in [6.07, 6.45) is 0.510. The second-order valence-corrected chi connectivity index (χ2v) is 3.19. The first kappa shape index (κ1) is 8.81. The summed E-state index contributed by atoms with van der Waals surface area (Å²) in [5.41, 5.74) is 1.17. The summed E-state index contributed by atoms with van der Waals surface area (Å²) >= 11 is 0. The van der Waals surface area contributed by atoms with Crippen molar-refractivity contribution in [3.63, 3.8) is 0 Å².